The molecule has 0 aromatic heterocycles. The van der Waals surface area contributed by atoms with Crippen LogP contribution < -0.4 is 20.9 Å². The van der Waals surface area contributed by atoms with Crippen LogP contribution in [0.15, 0.2) is 18.2 Å². The zero-order valence-electron chi connectivity index (χ0n) is 17.5. The Bertz CT molecular complexity index is 948. The van der Waals surface area contributed by atoms with Crippen molar-refractivity contribution in [2.75, 3.05) is 40.9 Å². The van der Waals surface area contributed by atoms with Crippen LogP contribution >= 0.6 is 0 Å². The molecule has 3 aliphatic rings. The van der Waals surface area contributed by atoms with E-state index >= 15 is 0 Å². The Hall–Kier alpha value is -1.97. The Kier molecular flexibility index (Phi) is 5.63. The van der Waals surface area contributed by atoms with Gasteiger partial charge in [0.2, 0.25) is 11.8 Å². The minimum absolute atomic E-state index is 0.0124. The molecule has 8 nitrogen and oxygen atoms in total. The lowest BCUT2D eigenvalue weighted by molar-refractivity contribution is -0.120. The minimum Gasteiger partial charge on any atom is -0.330 e. The summed E-state index contributed by atoms with van der Waals surface area (Å²) in [6.07, 6.45) is 1.85. The fourth-order valence-corrected chi connectivity index (χ4v) is 5.83. The second kappa shape index (κ2) is 7.94. The van der Waals surface area contributed by atoms with Gasteiger partial charge in [-0.1, -0.05) is 6.07 Å². The molecule has 0 spiro atoms. The van der Waals surface area contributed by atoms with Gasteiger partial charge in [0.1, 0.15) is 0 Å². The van der Waals surface area contributed by atoms with E-state index in [9.17, 15) is 18.0 Å². The second-order valence-corrected chi connectivity index (χ2v) is 11.0. The van der Waals surface area contributed by atoms with Gasteiger partial charge in [-0.2, -0.15) is 0 Å². The molecule has 9 heteroatoms. The molecule has 1 saturated heterocycles. The van der Waals surface area contributed by atoms with Crippen molar-refractivity contribution < 1.29 is 18.0 Å². The van der Waals surface area contributed by atoms with Crippen molar-refractivity contribution in [1.82, 2.24) is 5.32 Å². The van der Waals surface area contributed by atoms with Crippen LogP contribution in [0.3, 0.4) is 0 Å². The van der Waals surface area contributed by atoms with Gasteiger partial charge in [0, 0.05) is 44.4 Å². The lowest BCUT2D eigenvalue weighted by Gasteiger charge is -2.41. The molecule has 2 atom stereocenters. The first-order chi connectivity index (χ1) is 14.2. The molecule has 2 heterocycles. The third-order valence-corrected chi connectivity index (χ3v) is 8.11. The Labute approximate surface area is 177 Å². The topological polar surface area (TPSA) is 113 Å². The summed E-state index contributed by atoms with van der Waals surface area (Å²) in [4.78, 5) is 28.8. The molecule has 4 rings (SSSR count). The third-order valence-electron chi connectivity index (χ3n) is 6.29. The second-order valence-electron chi connectivity index (χ2n) is 8.82. The number of carbonyl (C=O) groups is 2. The number of nitrogens with zero attached hydrogens (tertiary/aromatic N) is 2. The molecule has 1 aromatic rings. The summed E-state index contributed by atoms with van der Waals surface area (Å²) in [5.41, 5.74) is 8.53. The van der Waals surface area contributed by atoms with Gasteiger partial charge in [0.25, 0.3) is 0 Å². The molecule has 30 heavy (non-hydrogen) atoms. The molecular formula is C21H30N4O4S. The lowest BCUT2D eigenvalue weighted by Crippen LogP contribution is -2.52. The standard InChI is InChI=1S/C21H30N4O4S/c1-13-10-24(21(27)15-3-4-15)20-7-16(5-6-19(20)25(13)14(2)26)17(8-22)9-23-18-11-30(28,29)12-18/h5-7,13,15,17-18,23H,3-4,8-12,22H2,1-2H3/t13-,17?/m0/s1. The predicted molar refractivity (Wildman–Crippen MR) is 116 cm³/mol. The Morgan fingerprint density at radius 3 is 2.50 bits per heavy atom. The third kappa shape index (κ3) is 4.10. The van der Waals surface area contributed by atoms with Gasteiger partial charge < -0.3 is 20.9 Å². The summed E-state index contributed by atoms with van der Waals surface area (Å²) in [6.45, 7) is 4.96. The molecule has 0 bridgehead atoms. The van der Waals surface area contributed by atoms with E-state index in [0.29, 0.717) is 19.6 Å². The summed E-state index contributed by atoms with van der Waals surface area (Å²) < 4.78 is 22.8. The zero-order valence-corrected chi connectivity index (χ0v) is 18.3. The van der Waals surface area contributed by atoms with Crippen molar-refractivity contribution in [3.05, 3.63) is 23.8 Å². The molecule has 2 aliphatic heterocycles. The number of amides is 2. The largest absolute Gasteiger partial charge is 0.330 e. The molecule has 3 N–H and O–H groups in total. The van der Waals surface area contributed by atoms with E-state index in [2.05, 4.69) is 5.32 Å². The van der Waals surface area contributed by atoms with Crippen LogP contribution in [-0.4, -0.2) is 63.5 Å². The van der Waals surface area contributed by atoms with E-state index in [0.717, 1.165) is 29.8 Å². The molecule has 2 fully saturated rings. The summed E-state index contributed by atoms with van der Waals surface area (Å²) in [5, 5.41) is 3.30. The summed E-state index contributed by atoms with van der Waals surface area (Å²) in [5.74, 6) is 0.503. The number of benzene rings is 1. The van der Waals surface area contributed by atoms with Crippen LogP contribution in [-0.2, 0) is 19.4 Å². The molecule has 2 amide bonds. The highest BCUT2D eigenvalue weighted by Crippen LogP contribution is 2.41. The fourth-order valence-electron chi connectivity index (χ4n) is 4.46. The predicted octanol–water partition coefficient (Wildman–Crippen LogP) is 0.614. The molecule has 164 valence electrons. The SMILES string of the molecule is CC(=O)N1c2ccc(C(CN)CNC3CS(=O)(=O)C3)cc2N(C(=O)C2CC2)C[C@@H]1C. The summed E-state index contributed by atoms with van der Waals surface area (Å²) >= 11 is 0. The highest BCUT2D eigenvalue weighted by Gasteiger charge is 2.40. The van der Waals surface area contributed by atoms with Crippen molar-refractivity contribution in [3.8, 4) is 0 Å². The number of anilines is 2. The van der Waals surface area contributed by atoms with Gasteiger partial charge in [-0.3, -0.25) is 9.59 Å². The van der Waals surface area contributed by atoms with E-state index in [1.54, 1.807) is 11.8 Å². The van der Waals surface area contributed by atoms with Crippen molar-refractivity contribution in [2.24, 2.45) is 11.7 Å². The maximum Gasteiger partial charge on any atom is 0.230 e. The van der Waals surface area contributed by atoms with E-state index in [1.807, 2.05) is 30.0 Å². The number of nitrogens with two attached hydrogens (primary N) is 1. The number of fused-ring (bicyclic) bond motifs is 1. The van der Waals surface area contributed by atoms with Crippen molar-refractivity contribution in [3.63, 3.8) is 0 Å². The molecule has 1 aliphatic carbocycles. The number of carbonyl (C=O) groups excluding carboxylic acids is 2. The van der Waals surface area contributed by atoms with Gasteiger partial charge in [0.15, 0.2) is 9.84 Å². The number of hydrogen-bond donors (Lipinski definition) is 2. The average molecular weight is 435 g/mol. The van der Waals surface area contributed by atoms with Crippen molar-refractivity contribution in [2.45, 2.75) is 44.7 Å². The van der Waals surface area contributed by atoms with E-state index in [1.165, 1.54) is 0 Å². The van der Waals surface area contributed by atoms with E-state index in [-0.39, 0.29) is 47.2 Å². The van der Waals surface area contributed by atoms with Gasteiger partial charge >= 0.3 is 0 Å². The van der Waals surface area contributed by atoms with E-state index in [4.69, 9.17) is 5.73 Å². The monoisotopic (exact) mass is 434 g/mol. The number of nitrogens with one attached hydrogen (secondary N) is 1. The maximum atomic E-state index is 12.9. The van der Waals surface area contributed by atoms with Gasteiger partial charge in [-0.25, -0.2) is 8.42 Å². The minimum atomic E-state index is -2.88. The van der Waals surface area contributed by atoms with E-state index < -0.39 is 9.84 Å². The number of rotatable bonds is 6. The van der Waals surface area contributed by atoms with Crippen LogP contribution in [0, 0.1) is 5.92 Å². The molecule has 1 aromatic carbocycles. The molecule has 0 radical (unpaired) electrons. The van der Waals surface area contributed by atoms with Crippen LogP contribution in [0.5, 0.6) is 0 Å². The van der Waals surface area contributed by atoms with Crippen molar-refractivity contribution >= 4 is 33.0 Å². The van der Waals surface area contributed by atoms with Crippen LogP contribution in [0.4, 0.5) is 11.4 Å². The molecule has 1 saturated carbocycles. The van der Waals surface area contributed by atoms with Crippen LogP contribution in [0.2, 0.25) is 0 Å². The first kappa shape index (κ1) is 21.3. The Balaban J connectivity index is 1.60. The van der Waals surface area contributed by atoms with Gasteiger partial charge in [0.05, 0.1) is 28.9 Å². The average Bonchev–Trinajstić information content (AvgIpc) is 3.50. The lowest BCUT2D eigenvalue weighted by atomic mass is 9.95. The Morgan fingerprint density at radius 1 is 1.23 bits per heavy atom. The van der Waals surface area contributed by atoms with Crippen LogP contribution in [0.1, 0.15) is 38.2 Å². The smallest absolute Gasteiger partial charge is 0.230 e. The van der Waals surface area contributed by atoms with Gasteiger partial charge in [-0.15, -0.1) is 0 Å². The van der Waals surface area contributed by atoms with Gasteiger partial charge in [-0.05, 0) is 37.5 Å². The number of hydrogen-bond acceptors (Lipinski definition) is 6. The van der Waals surface area contributed by atoms with Crippen molar-refractivity contribution in [1.29, 1.82) is 0 Å². The first-order valence-corrected chi connectivity index (χ1v) is 12.4. The maximum absolute atomic E-state index is 12.9. The summed E-state index contributed by atoms with van der Waals surface area (Å²) in [7, 11) is -2.88. The quantitative estimate of drug-likeness (QED) is 0.679. The molecular weight excluding hydrogens is 404 g/mol. The highest BCUT2D eigenvalue weighted by atomic mass is 32.2. The fraction of sp³-hybridized carbons (Fsp3) is 0.619. The zero-order chi connectivity index (χ0) is 21.6. The molecule has 1 unspecified atom stereocenters. The number of sulfone groups is 1. The Morgan fingerprint density at radius 2 is 1.93 bits per heavy atom. The van der Waals surface area contributed by atoms with Crippen LogP contribution in [0.25, 0.3) is 0 Å². The summed E-state index contributed by atoms with van der Waals surface area (Å²) in [6, 6.07) is 5.74. The normalized spacial score (nSPS) is 24.2. The first-order valence-electron chi connectivity index (χ1n) is 10.6. The highest BCUT2D eigenvalue weighted by molar-refractivity contribution is 7.92.